The van der Waals surface area contributed by atoms with Crippen molar-refractivity contribution in [3.05, 3.63) is 60.4 Å². The molecule has 0 aliphatic carbocycles. The molecule has 4 rings (SSSR count). The number of hydrogen-bond donors (Lipinski definition) is 2. The summed E-state index contributed by atoms with van der Waals surface area (Å²) in [7, 11) is 0. The number of amides is 1. The topological polar surface area (TPSA) is 59.3 Å². The minimum Gasteiger partial charge on any atom is -0.352 e. The van der Waals surface area contributed by atoms with Gasteiger partial charge in [-0.3, -0.25) is 9.78 Å². The molecule has 0 radical (unpaired) electrons. The summed E-state index contributed by atoms with van der Waals surface area (Å²) >= 11 is 0. The molecule has 5 heteroatoms. The molecular weight excluding hydrogens is 348 g/mol. The van der Waals surface area contributed by atoms with E-state index in [4.69, 9.17) is 4.98 Å². The fourth-order valence-corrected chi connectivity index (χ4v) is 3.97. The van der Waals surface area contributed by atoms with Gasteiger partial charge in [-0.25, -0.2) is 4.98 Å². The molecule has 1 fully saturated rings. The molecule has 0 spiro atoms. The number of carbonyl (C=O) groups excluding carboxylic acids is 1. The average molecular weight is 375 g/mol. The van der Waals surface area contributed by atoms with Crippen molar-refractivity contribution in [1.82, 2.24) is 15.3 Å². The van der Waals surface area contributed by atoms with E-state index in [1.54, 1.807) is 17.3 Å². The largest absolute Gasteiger partial charge is 0.352 e. The second-order valence-corrected chi connectivity index (χ2v) is 7.48. The van der Waals surface area contributed by atoms with Crippen LogP contribution in [0.3, 0.4) is 0 Å². The second-order valence-electron chi connectivity index (χ2n) is 7.48. The summed E-state index contributed by atoms with van der Waals surface area (Å²) in [5, 5.41) is 4.01. The van der Waals surface area contributed by atoms with Gasteiger partial charge in [-0.1, -0.05) is 18.2 Å². The van der Waals surface area contributed by atoms with Crippen LogP contribution in [0.5, 0.6) is 0 Å². The quantitative estimate of drug-likeness (QED) is 0.651. The Morgan fingerprint density at radius 3 is 2.64 bits per heavy atom. The molecule has 2 aromatic heterocycles. The molecule has 1 saturated heterocycles. The summed E-state index contributed by atoms with van der Waals surface area (Å²) in [6.07, 6.45) is 8.55. The van der Waals surface area contributed by atoms with E-state index in [0.29, 0.717) is 12.1 Å². The van der Waals surface area contributed by atoms with Crippen LogP contribution in [-0.2, 0) is 0 Å². The Morgan fingerprint density at radius 2 is 1.82 bits per heavy atom. The lowest BCUT2D eigenvalue weighted by molar-refractivity contribution is -0.904. The van der Waals surface area contributed by atoms with Crippen molar-refractivity contribution in [3.8, 4) is 11.3 Å². The number of piperidine rings is 1. The van der Waals surface area contributed by atoms with Crippen molar-refractivity contribution in [1.29, 1.82) is 0 Å². The van der Waals surface area contributed by atoms with Gasteiger partial charge in [-0.05, 0) is 43.5 Å². The summed E-state index contributed by atoms with van der Waals surface area (Å²) < 4.78 is 0. The van der Waals surface area contributed by atoms with Crippen LogP contribution in [0.15, 0.2) is 54.9 Å². The van der Waals surface area contributed by atoms with Crippen molar-refractivity contribution in [2.75, 3.05) is 26.2 Å². The standard InChI is InChI=1S/C23H26N4O/c28-23(25-11-6-16-27-14-4-1-5-15-27)20-17-22(18-9-12-24-13-10-18)26-21-8-3-2-7-19(20)21/h2-3,7-10,12-13,17H,1,4-6,11,14-16H2,(H,25,28)/p+1. The maximum Gasteiger partial charge on any atom is 0.252 e. The second kappa shape index (κ2) is 8.93. The van der Waals surface area contributed by atoms with Gasteiger partial charge in [0.15, 0.2) is 0 Å². The maximum atomic E-state index is 12.9. The van der Waals surface area contributed by atoms with Gasteiger partial charge in [-0.15, -0.1) is 0 Å². The number of nitrogens with zero attached hydrogens (tertiary/aromatic N) is 2. The van der Waals surface area contributed by atoms with Crippen molar-refractivity contribution < 1.29 is 9.69 Å². The van der Waals surface area contributed by atoms with Crippen LogP contribution in [0.25, 0.3) is 22.2 Å². The minimum atomic E-state index is -0.0254. The van der Waals surface area contributed by atoms with Gasteiger partial charge in [-0.2, -0.15) is 0 Å². The number of pyridine rings is 2. The molecule has 1 aromatic carbocycles. The van der Waals surface area contributed by atoms with E-state index in [1.165, 1.54) is 32.4 Å². The molecule has 0 saturated carbocycles. The van der Waals surface area contributed by atoms with Crippen molar-refractivity contribution in [2.24, 2.45) is 0 Å². The van der Waals surface area contributed by atoms with Crippen LogP contribution in [0.4, 0.5) is 0 Å². The molecule has 0 unspecified atom stereocenters. The fraction of sp³-hybridized carbons (Fsp3) is 0.348. The van der Waals surface area contributed by atoms with Crippen molar-refractivity contribution >= 4 is 16.8 Å². The van der Waals surface area contributed by atoms with E-state index in [1.807, 2.05) is 42.5 Å². The molecule has 0 atom stereocenters. The van der Waals surface area contributed by atoms with Gasteiger partial charge in [0.05, 0.1) is 36.4 Å². The highest BCUT2D eigenvalue weighted by molar-refractivity contribution is 6.07. The van der Waals surface area contributed by atoms with Crippen LogP contribution < -0.4 is 10.2 Å². The van der Waals surface area contributed by atoms with E-state index in [-0.39, 0.29) is 5.91 Å². The Labute approximate surface area is 165 Å². The molecular formula is C23H27N4O+. The van der Waals surface area contributed by atoms with Gasteiger partial charge in [0.2, 0.25) is 0 Å². The Kier molecular flexibility index (Phi) is 5.92. The van der Waals surface area contributed by atoms with E-state index >= 15 is 0 Å². The van der Waals surface area contributed by atoms with Gasteiger partial charge in [0, 0.05) is 36.3 Å². The third-order valence-corrected chi connectivity index (χ3v) is 5.49. The van der Waals surface area contributed by atoms with E-state index < -0.39 is 0 Å². The Hall–Kier alpha value is -2.79. The van der Waals surface area contributed by atoms with Crippen molar-refractivity contribution in [2.45, 2.75) is 25.7 Å². The number of nitrogens with one attached hydrogen (secondary N) is 2. The molecule has 3 aromatic rings. The first kappa shape index (κ1) is 18.6. The normalized spacial score (nSPS) is 14.9. The Bertz CT molecular complexity index is 936. The number of carbonyl (C=O) groups is 1. The number of quaternary nitrogens is 1. The first-order valence-electron chi connectivity index (χ1n) is 10.2. The molecule has 0 bridgehead atoms. The van der Waals surface area contributed by atoms with Gasteiger partial charge in [0.25, 0.3) is 5.91 Å². The zero-order valence-corrected chi connectivity index (χ0v) is 16.2. The summed E-state index contributed by atoms with van der Waals surface area (Å²) in [5.41, 5.74) is 3.27. The van der Waals surface area contributed by atoms with Gasteiger partial charge in [0.1, 0.15) is 0 Å². The molecule has 144 valence electrons. The number of aromatic nitrogens is 2. The van der Waals surface area contributed by atoms with Crippen molar-refractivity contribution in [3.63, 3.8) is 0 Å². The monoisotopic (exact) mass is 375 g/mol. The number of rotatable bonds is 6. The molecule has 3 heterocycles. The maximum absolute atomic E-state index is 12.9. The average Bonchev–Trinajstić information content (AvgIpc) is 2.77. The van der Waals surface area contributed by atoms with E-state index in [0.717, 1.165) is 35.1 Å². The highest BCUT2D eigenvalue weighted by atomic mass is 16.1. The lowest BCUT2D eigenvalue weighted by atomic mass is 10.0. The molecule has 5 nitrogen and oxygen atoms in total. The van der Waals surface area contributed by atoms with Crippen LogP contribution in [-0.4, -0.2) is 42.1 Å². The SMILES string of the molecule is O=C(NCCC[NH+]1CCCCC1)c1cc(-c2ccncc2)nc2ccccc12. The lowest BCUT2D eigenvalue weighted by Crippen LogP contribution is -3.12. The van der Waals surface area contributed by atoms with Gasteiger partial charge >= 0.3 is 0 Å². The summed E-state index contributed by atoms with van der Waals surface area (Å²) in [6, 6.07) is 13.5. The van der Waals surface area contributed by atoms with E-state index in [2.05, 4.69) is 10.3 Å². The first-order chi connectivity index (χ1) is 13.8. The molecule has 1 amide bonds. The molecule has 1 aliphatic heterocycles. The number of likely N-dealkylation sites (tertiary alicyclic amines) is 1. The summed E-state index contributed by atoms with van der Waals surface area (Å²) in [5.74, 6) is -0.0254. The van der Waals surface area contributed by atoms with Gasteiger partial charge < -0.3 is 10.2 Å². The fourth-order valence-electron chi connectivity index (χ4n) is 3.97. The molecule has 2 N–H and O–H groups in total. The van der Waals surface area contributed by atoms with Crippen LogP contribution >= 0.6 is 0 Å². The zero-order valence-electron chi connectivity index (χ0n) is 16.2. The summed E-state index contributed by atoms with van der Waals surface area (Å²) in [4.78, 5) is 23.4. The van der Waals surface area contributed by atoms with Crippen LogP contribution in [0.2, 0.25) is 0 Å². The number of hydrogen-bond acceptors (Lipinski definition) is 3. The predicted octanol–water partition coefficient (Wildman–Crippen LogP) is 2.49. The smallest absolute Gasteiger partial charge is 0.252 e. The third kappa shape index (κ3) is 4.37. The summed E-state index contributed by atoms with van der Waals surface area (Å²) in [6.45, 7) is 4.40. The van der Waals surface area contributed by atoms with E-state index in [9.17, 15) is 4.79 Å². The lowest BCUT2D eigenvalue weighted by Gasteiger charge is -2.23. The Balaban J connectivity index is 1.49. The highest BCUT2D eigenvalue weighted by Crippen LogP contribution is 2.24. The number of fused-ring (bicyclic) bond motifs is 1. The minimum absolute atomic E-state index is 0.0254. The predicted molar refractivity (Wildman–Crippen MR) is 111 cm³/mol. The van der Waals surface area contributed by atoms with Crippen LogP contribution in [0.1, 0.15) is 36.0 Å². The third-order valence-electron chi connectivity index (χ3n) is 5.49. The Morgan fingerprint density at radius 1 is 1.04 bits per heavy atom. The number of benzene rings is 1. The number of para-hydroxylation sites is 1. The van der Waals surface area contributed by atoms with Crippen LogP contribution in [0, 0.1) is 0 Å². The molecule has 1 aliphatic rings. The molecule has 28 heavy (non-hydrogen) atoms. The highest BCUT2D eigenvalue weighted by Gasteiger charge is 2.15. The first-order valence-corrected chi connectivity index (χ1v) is 10.2. The zero-order chi connectivity index (χ0) is 19.2.